The standard InChI is InChI=1S/C25H21N5O4/c1-27-24(31)22-14-20(10-12-28-22)34-19-8-4-17(5-9-19)30-25(32)23-15-21(11-13-29-23)33-18-6-2-16(26)3-7-18/h2-15H,26H2,1H3,(H,27,31)(H,30,32). The van der Waals surface area contributed by atoms with Crippen LogP contribution in [0.15, 0.2) is 85.2 Å². The molecule has 0 aliphatic carbocycles. The van der Waals surface area contributed by atoms with Crippen molar-refractivity contribution in [2.75, 3.05) is 18.1 Å². The molecule has 0 radical (unpaired) electrons. The van der Waals surface area contributed by atoms with Gasteiger partial charge in [0.2, 0.25) is 0 Å². The number of aromatic nitrogens is 2. The van der Waals surface area contributed by atoms with Crippen LogP contribution in [-0.4, -0.2) is 28.8 Å². The van der Waals surface area contributed by atoms with E-state index in [1.807, 2.05) is 0 Å². The van der Waals surface area contributed by atoms with Crippen LogP contribution in [0.4, 0.5) is 11.4 Å². The van der Waals surface area contributed by atoms with Crippen molar-refractivity contribution in [2.24, 2.45) is 0 Å². The molecule has 34 heavy (non-hydrogen) atoms. The molecule has 0 aliphatic heterocycles. The highest BCUT2D eigenvalue weighted by atomic mass is 16.5. The molecule has 9 nitrogen and oxygen atoms in total. The lowest BCUT2D eigenvalue weighted by molar-refractivity contribution is 0.0957. The number of rotatable bonds is 7. The van der Waals surface area contributed by atoms with Crippen LogP contribution in [-0.2, 0) is 0 Å². The molecular formula is C25H21N5O4. The monoisotopic (exact) mass is 455 g/mol. The highest BCUT2D eigenvalue weighted by molar-refractivity contribution is 6.03. The second kappa shape index (κ2) is 10.1. The molecule has 0 unspecified atom stereocenters. The number of benzene rings is 2. The number of pyridine rings is 2. The number of hydrogen-bond acceptors (Lipinski definition) is 7. The molecule has 0 spiro atoms. The van der Waals surface area contributed by atoms with Gasteiger partial charge in [0.25, 0.3) is 11.8 Å². The second-order valence-electron chi connectivity index (χ2n) is 7.08. The van der Waals surface area contributed by atoms with Crippen LogP contribution in [0.3, 0.4) is 0 Å². The van der Waals surface area contributed by atoms with Crippen LogP contribution in [0.1, 0.15) is 21.0 Å². The van der Waals surface area contributed by atoms with Crippen molar-refractivity contribution < 1.29 is 19.1 Å². The smallest absolute Gasteiger partial charge is 0.274 e. The summed E-state index contributed by atoms with van der Waals surface area (Å²) in [5.41, 5.74) is 7.33. The first-order valence-corrected chi connectivity index (χ1v) is 10.3. The predicted octanol–water partition coefficient (Wildman–Crippen LogP) is 4.26. The Morgan fingerprint density at radius 1 is 0.706 bits per heavy atom. The number of nitrogen functional groups attached to an aromatic ring is 1. The zero-order valence-electron chi connectivity index (χ0n) is 18.2. The lowest BCUT2D eigenvalue weighted by Crippen LogP contribution is -2.18. The van der Waals surface area contributed by atoms with Crippen molar-refractivity contribution >= 4 is 23.2 Å². The molecule has 2 amide bonds. The number of carbonyl (C=O) groups excluding carboxylic acids is 2. The van der Waals surface area contributed by atoms with Crippen LogP contribution in [0.5, 0.6) is 23.0 Å². The molecule has 4 N–H and O–H groups in total. The lowest BCUT2D eigenvalue weighted by Gasteiger charge is -2.10. The van der Waals surface area contributed by atoms with E-state index in [1.165, 1.54) is 19.4 Å². The third-order valence-electron chi connectivity index (χ3n) is 4.62. The third-order valence-corrected chi connectivity index (χ3v) is 4.62. The Morgan fingerprint density at radius 2 is 1.21 bits per heavy atom. The van der Waals surface area contributed by atoms with Gasteiger partial charge in [-0.25, -0.2) is 0 Å². The number of anilines is 2. The summed E-state index contributed by atoms with van der Waals surface area (Å²) >= 11 is 0. The van der Waals surface area contributed by atoms with E-state index in [4.69, 9.17) is 15.2 Å². The summed E-state index contributed by atoms with van der Waals surface area (Å²) < 4.78 is 11.5. The van der Waals surface area contributed by atoms with Gasteiger partial charge in [0, 0.05) is 42.9 Å². The van der Waals surface area contributed by atoms with Gasteiger partial charge in [-0.2, -0.15) is 0 Å². The fraction of sp³-hybridized carbons (Fsp3) is 0.0400. The van der Waals surface area contributed by atoms with Crippen molar-refractivity contribution in [3.8, 4) is 23.0 Å². The molecule has 0 bridgehead atoms. The largest absolute Gasteiger partial charge is 0.457 e. The van der Waals surface area contributed by atoms with E-state index in [1.54, 1.807) is 72.8 Å². The van der Waals surface area contributed by atoms with Crippen LogP contribution in [0.2, 0.25) is 0 Å². The van der Waals surface area contributed by atoms with Gasteiger partial charge in [-0.3, -0.25) is 19.6 Å². The zero-order valence-corrected chi connectivity index (χ0v) is 18.2. The minimum atomic E-state index is -0.388. The van der Waals surface area contributed by atoms with Gasteiger partial charge < -0.3 is 25.8 Å². The highest BCUT2D eigenvalue weighted by Crippen LogP contribution is 2.25. The van der Waals surface area contributed by atoms with Gasteiger partial charge in [0.1, 0.15) is 34.4 Å². The summed E-state index contributed by atoms with van der Waals surface area (Å²) in [6.45, 7) is 0. The Morgan fingerprint density at radius 3 is 1.74 bits per heavy atom. The van der Waals surface area contributed by atoms with Gasteiger partial charge in [0.05, 0.1) is 0 Å². The summed E-state index contributed by atoms with van der Waals surface area (Å²) in [6, 6.07) is 20.1. The SMILES string of the molecule is CNC(=O)c1cc(Oc2ccc(NC(=O)c3cc(Oc4ccc(N)cc4)ccn3)cc2)ccn1. The molecule has 0 saturated heterocycles. The Balaban J connectivity index is 1.39. The predicted molar refractivity (Wildman–Crippen MR) is 127 cm³/mol. The fourth-order valence-corrected chi connectivity index (χ4v) is 2.94. The quantitative estimate of drug-likeness (QED) is 0.355. The molecule has 0 fully saturated rings. The van der Waals surface area contributed by atoms with Gasteiger partial charge in [-0.05, 0) is 60.7 Å². The van der Waals surface area contributed by atoms with E-state index in [2.05, 4.69) is 20.6 Å². The summed E-state index contributed by atoms with van der Waals surface area (Å²) in [5, 5.41) is 5.30. The number of hydrogen-bond donors (Lipinski definition) is 3. The molecule has 9 heteroatoms. The number of amides is 2. The first kappa shape index (κ1) is 22.3. The summed E-state index contributed by atoms with van der Waals surface area (Å²) in [4.78, 5) is 32.5. The van der Waals surface area contributed by atoms with E-state index < -0.39 is 0 Å². The fourth-order valence-electron chi connectivity index (χ4n) is 2.94. The van der Waals surface area contributed by atoms with Gasteiger partial charge >= 0.3 is 0 Å². The van der Waals surface area contributed by atoms with Gasteiger partial charge in [0.15, 0.2) is 0 Å². The average molecular weight is 455 g/mol. The minimum Gasteiger partial charge on any atom is -0.457 e. The van der Waals surface area contributed by atoms with E-state index >= 15 is 0 Å². The zero-order chi connectivity index (χ0) is 23.9. The molecule has 4 rings (SSSR count). The van der Waals surface area contributed by atoms with Crippen LogP contribution in [0.25, 0.3) is 0 Å². The molecule has 2 aromatic carbocycles. The topological polar surface area (TPSA) is 128 Å². The lowest BCUT2D eigenvalue weighted by atomic mass is 10.2. The Bertz CT molecular complexity index is 1310. The number of ether oxygens (including phenoxy) is 2. The molecule has 2 heterocycles. The highest BCUT2D eigenvalue weighted by Gasteiger charge is 2.11. The maximum absolute atomic E-state index is 12.6. The van der Waals surface area contributed by atoms with Gasteiger partial charge in [-0.1, -0.05) is 0 Å². The number of nitrogens with two attached hydrogens (primary N) is 1. The number of nitrogens with one attached hydrogen (secondary N) is 2. The van der Waals surface area contributed by atoms with Crippen molar-refractivity contribution in [1.82, 2.24) is 15.3 Å². The summed E-state index contributed by atoms with van der Waals surface area (Å²) in [6.07, 6.45) is 2.99. The van der Waals surface area contributed by atoms with Crippen molar-refractivity contribution in [2.45, 2.75) is 0 Å². The van der Waals surface area contributed by atoms with E-state index in [-0.39, 0.29) is 23.2 Å². The van der Waals surface area contributed by atoms with E-state index in [0.717, 1.165) is 0 Å². The van der Waals surface area contributed by atoms with Crippen molar-refractivity contribution in [3.63, 3.8) is 0 Å². The minimum absolute atomic E-state index is 0.201. The van der Waals surface area contributed by atoms with Gasteiger partial charge in [-0.15, -0.1) is 0 Å². The van der Waals surface area contributed by atoms with Crippen LogP contribution >= 0.6 is 0 Å². The van der Waals surface area contributed by atoms with E-state index in [0.29, 0.717) is 34.4 Å². The maximum Gasteiger partial charge on any atom is 0.274 e. The van der Waals surface area contributed by atoms with E-state index in [9.17, 15) is 9.59 Å². The maximum atomic E-state index is 12.6. The number of nitrogens with zero attached hydrogens (tertiary/aromatic N) is 2. The summed E-state index contributed by atoms with van der Waals surface area (Å²) in [5.74, 6) is 1.37. The van der Waals surface area contributed by atoms with Crippen LogP contribution < -0.4 is 25.8 Å². The molecule has 4 aromatic rings. The second-order valence-corrected chi connectivity index (χ2v) is 7.08. The number of carbonyl (C=O) groups is 2. The average Bonchev–Trinajstić information content (AvgIpc) is 2.86. The molecule has 0 atom stereocenters. The first-order valence-electron chi connectivity index (χ1n) is 10.3. The molecule has 0 saturated carbocycles. The molecule has 0 aliphatic rings. The van der Waals surface area contributed by atoms with Crippen molar-refractivity contribution in [1.29, 1.82) is 0 Å². The Hall–Kier alpha value is -4.92. The molecular weight excluding hydrogens is 434 g/mol. The Labute approximate surface area is 195 Å². The normalized spacial score (nSPS) is 10.3. The summed E-state index contributed by atoms with van der Waals surface area (Å²) in [7, 11) is 1.53. The first-order chi connectivity index (χ1) is 16.5. The molecule has 170 valence electrons. The third kappa shape index (κ3) is 5.65. The van der Waals surface area contributed by atoms with Crippen LogP contribution in [0, 0.1) is 0 Å². The Kier molecular flexibility index (Phi) is 6.64. The molecule has 2 aromatic heterocycles. The van der Waals surface area contributed by atoms with Crippen molar-refractivity contribution in [3.05, 3.63) is 96.6 Å².